The molecule has 0 aliphatic heterocycles. The SMILES string of the molecule is CC(C)OC1CCC2(C)CC2C1. The van der Waals surface area contributed by atoms with E-state index in [2.05, 4.69) is 20.8 Å². The van der Waals surface area contributed by atoms with Crippen LogP contribution < -0.4 is 0 Å². The lowest BCUT2D eigenvalue weighted by Crippen LogP contribution is -2.24. The quantitative estimate of drug-likeness (QED) is 0.616. The summed E-state index contributed by atoms with van der Waals surface area (Å²) in [6.07, 6.45) is 6.48. The maximum Gasteiger partial charge on any atom is 0.0581 e. The maximum atomic E-state index is 5.83. The standard InChI is InChI=1S/C11H20O/c1-8(2)12-10-4-5-11(3)7-9(11)6-10/h8-10H,4-7H2,1-3H3. The summed E-state index contributed by atoms with van der Waals surface area (Å²) in [6, 6.07) is 0. The Bertz CT molecular complexity index is 176. The van der Waals surface area contributed by atoms with Crippen LogP contribution in [0.1, 0.15) is 46.5 Å². The highest BCUT2D eigenvalue weighted by molar-refractivity contribution is 5.03. The van der Waals surface area contributed by atoms with E-state index < -0.39 is 0 Å². The van der Waals surface area contributed by atoms with Gasteiger partial charge in [-0.3, -0.25) is 0 Å². The monoisotopic (exact) mass is 168 g/mol. The van der Waals surface area contributed by atoms with Crippen molar-refractivity contribution in [3.63, 3.8) is 0 Å². The van der Waals surface area contributed by atoms with E-state index in [0.29, 0.717) is 12.2 Å². The molecule has 3 atom stereocenters. The summed E-state index contributed by atoms with van der Waals surface area (Å²) >= 11 is 0. The fourth-order valence-corrected chi connectivity index (χ4v) is 2.61. The fourth-order valence-electron chi connectivity index (χ4n) is 2.61. The molecule has 3 unspecified atom stereocenters. The molecule has 0 aromatic carbocycles. The van der Waals surface area contributed by atoms with E-state index in [1.54, 1.807) is 0 Å². The normalized spacial score (nSPS) is 46.0. The van der Waals surface area contributed by atoms with Crippen LogP contribution in [0.2, 0.25) is 0 Å². The molecule has 0 spiro atoms. The van der Waals surface area contributed by atoms with Crippen LogP contribution in [0.5, 0.6) is 0 Å². The molecule has 1 heteroatoms. The highest BCUT2D eigenvalue weighted by atomic mass is 16.5. The molecule has 0 radical (unpaired) electrons. The molecule has 0 amide bonds. The van der Waals surface area contributed by atoms with Gasteiger partial charge < -0.3 is 4.74 Å². The van der Waals surface area contributed by atoms with Crippen LogP contribution in [0.25, 0.3) is 0 Å². The van der Waals surface area contributed by atoms with Gasteiger partial charge in [-0.25, -0.2) is 0 Å². The van der Waals surface area contributed by atoms with Gasteiger partial charge in [0.05, 0.1) is 12.2 Å². The largest absolute Gasteiger partial charge is 0.376 e. The number of hydrogen-bond acceptors (Lipinski definition) is 1. The summed E-state index contributed by atoms with van der Waals surface area (Å²) in [5.41, 5.74) is 0.733. The first-order valence-electron chi connectivity index (χ1n) is 5.25. The predicted octanol–water partition coefficient (Wildman–Crippen LogP) is 2.99. The second kappa shape index (κ2) is 2.73. The van der Waals surface area contributed by atoms with E-state index in [0.717, 1.165) is 11.3 Å². The van der Waals surface area contributed by atoms with Crippen molar-refractivity contribution in [2.24, 2.45) is 11.3 Å². The van der Waals surface area contributed by atoms with Crippen LogP contribution in [0, 0.1) is 11.3 Å². The molecule has 0 aromatic rings. The molecule has 2 saturated carbocycles. The van der Waals surface area contributed by atoms with Crippen molar-refractivity contribution in [3.8, 4) is 0 Å². The highest BCUT2D eigenvalue weighted by Crippen LogP contribution is 2.61. The molecule has 0 saturated heterocycles. The van der Waals surface area contributed by atoms with E-state index in [4.69, 9.17) is 4.74 Å². The number of fused-ring (bicyclic) bond motifs is 1. The van der Waals surface area contributed by atoms with Gasteiger partial charge in [0.2, 0.25) is 0 Å². The second-order valence-corrected chi connectivity index (χ2v) is 5.14. The van der Waals surface area contributed by atoms with E-state index in [1.807, 2.05) is 0 Å². The maximum absolute atomic E-state index is 5.83. The Morgan fingerprint density at radius 1 is 1.42 bits per heavy atom. The third-order valence-electron chi connectivity index (χ3n) is 3.59. The van der Waals surface area contributed by atoms with Gasteiger partial charge in [0.25, 0.3) is 0 Å². The van der Waals surface area contributed by atoms with Crippen LogP contribution in [-0.2, 0) is 4.74 Å². The first-order valence-corrected chi connectivity index (χ1v) is 5.25. The average Bonchev–Trinajstić information content (AvgIpc) is 2.59. The van der Waals surface area contributed by atoms with Gasteiger partial charge in [-0.2, -0.15) is 0 Å². The summed E-state index contributed by atoms with van der Waals surface area (Å²) in [6.45, 7) is 6.71. The Labute approximate surface area is 75.5 Å². The second-order valence-electron chi connectivity index (χ2n) is 5.14. The van der Waals surface area contributed by atoms with Crippen molar-refractivity contribution in [2.75, 3.05) is 0 Å². The first-order chi connectivity index (χ1) is 5.60. The first kappa shape index (κ1) is 8.55. The number of hydrogen-bond donors (Lipinski definition) is 0. The van der Waals surface area contributed by atoms with Gasteiger partial charge in [-0.15, -0.1) is 0 Å². The molecule has 70 valence electrons. The number of rotatable bonds is 2. The highest BCUT2D eigenvalue weighted by Gasteiger charge is 2.53. The molecule has 0 bridgehead atoms. The molecule has 1 nitrogen and oxygen atoms in total. The van der Waals surface area contributed by atoms with Crippen LogP contribution in [0.15, 0.2) is 0 Å². The lowest BCUT2D eigenvalue weighted by Gasteiger charge is -2.27. The Balaban J connectivity index is 1.82. The van der Waals surface area contributed by atoms with Crippen molar-refractivity contribution in [1.82, 2.24) is 0 Å². The van der Waals surface area contributed by atoms with E-state index in [-0.39, 0.29) is 0 Å². The van der Waals surface area contributed by atoms with Gasteiger partial charge in [-0.05, 0) is 50.9 Å². The minimum atomic E-state index is 0.415. The van der Waals surface area contributed by atoms with Crippen LogP contribution in [-0.4, -0.2) is 12.2 Å². The average molecular weight is 168 g/mol. The third kappa shape index (κ3) is 1.52. The van der Waals surface area contributed by atoms with Crippen molar-refractivity contribution in [2.45, 2.75) is 58.7 Å². The smallest absolute Gasteiger partial charge is 0.0581 e. The summed E-state index contributed by atoms with van der Waals surface area (Å²) in [5, 5.41) is 0. The molecular weight excluding hydrogens is 148 g/mol. The lowest BCUT2D eigenvalue weighted by atomic mass is 9.88. The fraction of sp³-hybridized carbons (Fsp3) is 1.00. The number of ether oxygens (including phenoxy) is 1. The van der Waals surface area contributed by atoms with Gasteiger partial charge >= 0.3 is 0 Å². The van der Waals surface area contributed by atoms with E-state index in [1.165, 1.54) is 25.7 Å². The van der Waals surface area contributed by atoms with Crippen molar-refractivity contribution < 1.29 is 4.74 Å². The summed E-state index contributed by atoms with van der Waals surface area (Å²) in [7, 11) is 0. The van der Waals surface area contributed by atoms with E-state index >= 15 is 0 Å². The minimum Gasteiger partial charge on any atom is -0.376 e. The Hall–Kier alpha value is -0.0400. The Morgan fingerprint density at radius 3 is 2.75 bits per heavy atom. The zero-order valence-corrected chi connectivity index (χ0v) is 8.47. The molecule has 2 rings (SSSR count). The Kier molecular flexibility index (Phi) is 1.95. The van der Waals surface area contributed by atoms with Crippen LogP contribution in [0.3, 0.4) is 0 Å². The molecule has 0 aromatic heterocycles. The summed E-state index contributed by atoms with van der Waals surface area (Å²) in [5.74, 6) is 0.995. The van der Waals surface area contributed by atoms with Gasteiger partial charge in [-0.1, -0.05) is 6.92 Å². The zero-order valence-electron chi connectivity index (χ0n) is 8.47. The molecular formula is C11H20O. The Morgan fingerprint density at radius 2 is 2.17 bits per heavy atom. The predicted molar refractivity (Wildman–Crippen MR) is 50.1 cm³/mol. The summed E-state index contributed by atoms with van der Waals surface area (Å²) in [4.78, 5) is 0. The molecule has 12 heavy (non-hydrogen) atoms. The lowest BCUT2D eigenvalue weighted by molar-refractivity contribution is -0.0198. The van der Waals surface area contributed by atoms with Crippen LogP contribution in [0.4, 0.5) is 0 Å². The zero-order chi connectivity index (χ0) is 8.77. The molecule has 2 aliphatic rings. The minimum absolute atomic E-state index is 0.415. The van der Waals surface area contributed by atoms with Gasteiger partial charge in [0.1, 0.15) is 0 Å². The van der Waals surface area contributed by atoms with Gasteiger partial charge in [0, 0.05) is 0 Å². The topological polar surface area (TPSA) is 9.23 Å². The van der Waals surface area contributed by atoms with Crippen molar-refractivity contribution in [1.29, 1.82) is 0 Å². The van der Waals surface area contributed by atoms with Gasteiger partial charge in [0.15, 0.2) is 0 Å². The van der Waals surface area contributed by atoms with Crippen molar-refractivity contribution >= 4 is 0 Å². The van der Waals surface area contributed by atoms with E-state index in [9.17, 15) is 0 Å². The van der Waals surface area contributed by atoms with Crippen molar-refractivity contribution in [3.05, 3.63) is 0 Å². The van der Waals surface area contributed by atoms with Crippen LogP contribution >= 0.6 is 0 Å². The molecule has 0 N–H and O–H groups in total. The third-order valence-corrected chi connectivity index (χ3v) is 3.59. The molecule has 2 fully saturated rings. The molecule has 0 heterocycles. The molecule has 2 aliphatic carbocycles. The summed E-state index contributed by atoms with van der Waals surface area (Å²) < 4.78 is 5.83.